The molecule has 0 radical (unpaired) electrons. The lowest BCUT2D eigenvalue weighted by Gasteiger charge is -2.45. The van der Waals surface area contributed by atoms with Gasteiger partial charge in [-0.15, -0.1) is 11.3 Å². The maximum atomic E-state index is 6.23. The number of hydrogen-bond donors (Lipinski definition) is 1. The molecule has 1 N–H and O–H groups in total. The highest BCUT2D eigenvalue weighted by atomic mass is 32.1. The SMILES string of the molecule is c1ccc(C2(CCNCc3scc4c3COC4)CCOC3(CCOC3)C2)nc1. The molecule has 1 spiro atoms. The molecule has 2 atom stereocenters. The summed E-state index contributed by atoms with van der Waals surface area (Å²) in [5, 5.41) is 5.94. The van der Waals surface area contributed by atoms with Crippen LogP contribution in [0.3, 0.4) is 0 Å². The van der Waals surface area contributed by atoms with Gasteiger partial charge in [0.2, 0.25) is 0 Å². The van der Waals surface area contributed by atoms with E-state index in [0.29, 0.717) is 0 Å². The lowest BCUT2D eigenvalue weighted by atomic mass is 9.68. The summed E-state index contributed by atoms with van der Waals surface area (Å²) in [6.07, 6.45) is 6.01. The van der Waals surface area contributed by atoms with Gasteiger partial charge in [0.15, 0.2) is 0 Å². The fourth-order valence-electron chi connectivity index (χ4n) is 5.00. The van der Waals surface area contributed by atoms with E-state index in [1.54, 1.807) is 0 Å². The van der Waals surface area contributed by atoms with Gasteiger partial charge in [-0.2, -0.15) is 0 Å². The van der Waals surface area contributed by atoms with Crippen molar-refractivity contribution in [3.8, 4) is 0 Å². The predicted molar refractivity (Wildman–Crippen MR) is 108 cm³/mol. The minimum atomic E-state index is -0.123. The number of fused-ring (bicyclic) bond motifs is 1. The number of thiophene rings is 1. The third kappa shape index (κ3) is 3.53. The van der Waals surface area contributed by atoms with Gasteiger partial charge in [0.25, 0.3) is 0 Å². The summed E-state index contributed by atoms with van der Waals surface area (Å²) < 4.78 is 17.5. The molecule has 0 bridgehead atoms. The normalized spacial score (nSPS) is 29.4. The summed E-state index contributed by atoms with van der Waals surface area (Å²) in [5.74, 6) is 0. The smallest absolute Gasteiger partial charge is 0.0945 e. The van der Waals surface area contributed by atoms with Crippen LogP contribution in [0.1, 0.15) is 47.4 Å². The van der Waals surface area contributed by atoms with Gasteiger partial charge in [0.05, 0.1) is 25.4 Å². The first-order valence-corrected chi connectivity index (χ1v) is 11.2. The minimum absolute atomic E-state index is 0.0563. The highest BCUT2D eigenvalue weighted by Gasteiger charge is 2.49. The second-order valence-electron chi connectivity index (χ2n) is 8.34. The highest BCUT2D eigenvalue weighted by Crippen LogP contribution is 2.46. The van der Waals surface area contributed by atoms with Crippen LogP contribution in [-0.4, -0.2) is 37.0 Å². The molecule has 0 amide bonds. The van der Waals surface area contributed by atoms with E-state index < -0.39 is 0 Å². The molecular formula is C22H28N2O3S. The Kier molecular flexibility index (Phi) is 5.24. The Hall–Kier alpha value is -1.31. The number of ether oxygens (including phenoxy) is 3. The van der Waals surface area contributed by atoms with Crippen molar-refractivity contribution in [2.24, 2.45) is 0 Å². The molecule has 150 valence electrons. The molecule has 6 heteroatoms. The Balaban J connectivity index is 1.28. The number of nitrogens with one attached hydrogen (secondary N) is 1. The van der Waals surface area contributed by atoms with E-state index in [-0.39, 0.29) is 11.0 Å². The van der Waals surface area contributed by atoms with Crippen molar-refractivity contribution >= 4 is 11.3 Å². The summed E-state index contributed by atoms with van der Waals surface area (Å²) in [7, 11) is 0. The van der Waals surface area contributed by atoms with Crippen LogP contribution in [0, 0.1) is 0 Å². The third-order valence-corrected chi connectivity index (χ3v) is 7.64. The van der Waals surface area contributed by atoms with Crippen molar-refractivity contribution in [1.29, 1.82) is 0 Å². The van der Waals surface area contributed by atoms with Gasteiger partial charge in [0, 0.05) is 48.4 Å². The van der Waals surface area contributed by atoms with Crippen molar-refractivity contribution in [1.82, 2.24) is 10.3 Å². The fraction of sp³-hybridized carbons (Fsp3) is 0.591. The summed E-state index contributed by atoms with van der Waals surface area (Å²) in [5.41, 5.74) is 3.92. The molecule has 0 saturated carbocycles. The van der Waals surface area contributed by atoms with Crippen LogP contribution in [0.25, 0.3) is 0 Å². The summed E-state index contributed by atoms with van der Waals surface area (Å²) in [6, 6.07) is 6.31. The van der Waals surface area contributed by atoms with Crippen LogP contribution in [0.2, 0.25) is 0 Å². The van der Waals surface area contributed by atoms with Crippen molar-refractivity contribution in [3.63, 3.8) is 0 Å². The van der Waals surface area contributed by atoms with E-state index in [1.165, 1.54) is 21.7 Å². The van der Waals surface area contributed by atoms with Crippen molar-refractivity contribution in [2.45, 2.75) is 56.5 Å². The number of pyridine rings is 1. The quantitative estimate of drug-likeness (QED) is 0.752. The second kappa shape index (κ2) is 7.84. The first kappa shape index (κ1) is 18.7. The minimum Gasteiger partial charge on any atom is -0.378 e. The molecule has 5 rings (SSSR count). The maximum Gasteiger partial charge on any atom is 0.0945 e. The third-order valence-electron chi connectivity index (χ3n) is 6.56. The van der Waals surface area contributed by atoms with Crippen LogP contribution >= 0.6 is 11.3 Å². The van der Waals surface area contributed by atoms with E-state index in [0.717, 1.165) is 71.8 Å². The average Bonchev–Trinajstić information content (AvgIpc) is 3.45. The van der Waals surface area contributed by atoms with Crippen LogP contribution in [0.5, 0.6) is 0 Å². The highest BCUT2D eigenvalue weighted by molar-refractivity contribution is 7.10. The second-order valence-corrected chi connectivity index (χ2v) is 9.30. The molecule has 3 aliphatic rings. The van der Waals surface area contributed by atoms with Gasteiger partial charge in [-0.05, 0) is 54.4 Å². The zero-order valence-electron chi connectivity index (χ0n) is 16.2. The zero-order valence-corrected chi connectivity index (χ0v) is 17.1. The molecular weight excluding hydrogens is 372 g/mol. The Morgan fingerprint density at radius 1 is 1.14 bits per heavy atom. The fourth-order valence-corrected chi connectivity index (χ4v) is 6.01. The molecule has 2 fully saturated rings. The molecule has 5 heterocycles. The summed E-state index contributed by atoms with van der Waals surface area (Å²) in [4.78, 5) is 6.19. The molecule has 28 heavy (non-hydrogen) atoms. The van der Waals surface area contributed by atoms with E-state index in [2.05, 4.69) is 22.8 Å². The molecule has 2 unspecified atom stereocenters. The summed E-state index contributed by atoms with van der Waals surface area (Å²) in [6.45, 7) is 5.76. The molecule has 3 aliphatic heterocycles. The zero-order chi connectivity index (χ0) is 18.9. The largest absolute Gasteiger partial charge is 0.378 e. The van der Waals surface area contributed by atoms with Gasteiger partial charge < -0.3 is 19.5 Å². The first-order valence-electron chi connectivity index (χ1n) is 10.3. The van der Waals surface area contributed by atoms with Gasteiger partial charge in [-0.3, -0.25) is 4.98 Å². The van der Waals surface area contributed by atoms with Crippen LogP contribution in [-0.2, 0) is 39.4 Å². The lowest BCUT2D eigenvalue weighted by molar-refractivity contribution is -0.109. The number of hydrogen-bond acceptors (Lipinski definition) is 6. The molecule has 0 aromatic carbocycles. The van der Waals surface area contributed by atoms with Gasteiger partial charge in [0.1, 0.15) is 0 Å². The number of nitrogens with zero attached hydrogens (tertiary/aromatic N) is 1. The average molecular weight is 401 g/mol. The van der Waals surface area contributed by atoms with Crippen molar-refractivity contribution in [2.75, 3.05) is 26.4 Å². The Morgan fingerprint density at radius 3 is 3.00 bits per heavy atom. The topological polar surface area (TPSA) is 52.6 Å². The Bertz CT molecular complexity index is 803. The van der Waals surface area contributed by atoms with Crippen molar-refractivity contribution in [3.05, 3.63) is 51.5 Å². The Morgan fingerprint density at radius 2 is 2.14 bits per heavy atom. The number of rotatable bonds is 6. The molecule has 0 aliphatic carbocycles. The monoisotopic (exact) mass is 400 g/mol. The van der Waals surface area contributed by atoms with Crippen LogP contribution in [0.4, 0.5) is 0 Å². The van der Waals surface area contributed by atoms with E-state index >= 15 is 0 Å². The van der Waals surface area contributed by atoms with E-state index in [4.69, 9.17) is 19.2 Å². The maximum absolute atomic E-state index is 6.23. The molecule has 2 saturated heterocycles. The van der Waals surface area contributed by atoms with Crippen molar-refractivity contribution < 1.29 is 14.2 Å². The molecule has 5 nitrogen and oxygen atoms in total. The first-order chi connectivity index (χ1) is 13.8. The standard InChI is InChI=1S/C22H28N2O3S/c1-2-7-24-20(3-1)21(5-10-27-22(15-21)6-9-25-16-22)4-8-23-11-19-18-13-26-12-17(18)14-28-19/h1-3,7,14,23H,4-6,8-13,15-16H2. The summed E-state index contributed by atoms with van der Waals surface area (Å²) >= 11 is 1.86. The number of aromatic nitrogens is 1. The van der Waals surface area contributed by atoms with Gasteiger partial charge >= 0.3 is 0 Å². The van der Waals surface area contributed by atoms with Crippen LogP contribution < -0.4 is 5.32 Å². The van der Waals surface area contributed by atoms with Gasteiger partial charge in [-0.1, -0.05) is 6.07 Å². The van der Waals surface area contributed by atoms with Crippen LogP contribution in [0.15, 0.2) is 29.8 Å². The lowest BCUT2D eigenvalue weighted by Crippen LogP contribution is -2.49. The molecule has 2 aromatic heterocycles. The van der Waals surface area contributed by atoms with E-state index in [1.807, 2.05) is 23.6 Å². The van der Waals surface area contributed by atoms with E-state index in [9.17, 15) is 0 Å². The predicted octanol–water partition coefficient (Wildman–Crippen LogP) is 3.56. The Labute approximate surface area is 170 Å². The van der Waals surface area contributed by atoms with Gasteiger partial charge in [-0.25, -0.2) is 0 Å². The molecule has 2 aromatic rings.